The van der Waals surface area contributed by atoms with Crippen LogP contribution in [0.3, 0.4) is 0 Å². The van der Waals surface area contributed by atoms with Crippen LogP contribution in [-0.4, -0.2) is 41.4 Å². The monoisotopic (exact) mass is 302 g/mol. The van der Waals surface area contributed by atoms with Gasteiger partial charge in [0, 0.05) is 38.2 Å². The first-order valence-electron chi connectivity index (χ1n) is 7.26. The Morgan fingerprint density at radius 2 is 2.00 bits per heavy atom. The number of amides is 1. The van der Waals surface area contributed by atoms with Gasteiger partial charge in [-0.25, -0.2) is 4.98 Å². The quantitative estimate of drug-likeness (QED) is 0.896. The maximum absolute atomic E-state index is 12.1. The Morgan fingerprint density at radius 3 is 2.73 bits per heavy atom. The lowest BCUT2D eigenvalue weighted by Crippen LogP contribution is -2.46. The summed E-state index contributed by atoms with van der Waals surface area (Å²) >= 11 is 0. The molecule has 1 saturated heterocycles. The van der Waals surface area contributed by atoms with Gasteiger partial charge in [0.05, 0.1) is 5.60 Å². The van der Waals surface area contributed by atoms with E-state index in [9.17, 15) is 9.90 Å². The molecule has 1 aliphatic heterocycles. The highest BCUT2D eigenvalue weighted by Crippen LogP contribution is 2.20. The Labute approximate surface area is 128 Å². The molecule has 3 rings (SSSR count). The fraction of sp³-hybridized carbons (Fsp3) is 0.375. The molecule has 1 aromatic heterocycles. The fourth-order valence-electron chi connectivity index (χ4n) is 2.35. The summed E-state index contributed by atoms with van der Waals surface area (Å²) in [6, 6.07) is 9.37. The van der Waals surface area contributed by atoms with Gasteiger partial charge in [-0.2, -0.15) is 0 Å². The molecule has 22 heavy (non-hydrogen) atoms. The van der Waals surface area contributed by atoms with E-state index in [1.54, 1.807) is 0 Å². The number of aliphatic hydroxyl groups is 1. The van der Waals surface area contributed by atoms with E-state index in [2.05, 4.69) is 10.3 Å². The zero-order valence-corrected chi connectivity index (χ0v) is 12.1. The van der Waals surface area contributed by atoms with Gasteiger partial charge in [-0.05, 0) is 12.1 Å². The van der Waals surface area contributed by atoms with E-state index >= 15 is 0 Å². The molecule has 2 N–H and O–H groups in total. The molecule has 0 unspecified atom stereocenters. The number of ether oxygens (including phenoxy) is 1. The average molecular weight is 302 g/mol. The summed E-state index contributed by atoms with van der Waals surface area (Å²) in [5.74, 6) is 0.0429. The molecule has 1 fully saturated rings. The first-order valence-corrected chi connectivity index (χ1v) is 7.26. The number of oxazole rings is 1. The van der Waals surface area contributed by atoms with Crippen LogP contribution in [0.2, 0.25) is 0 Å². The molecule has 2 aromatic rings. The van der Waals surface area contributed by atoms with E-state index in [1.807, 2.05) is 30.3 Å². The summed E-state index contributed by atoms with van der Waals surface area (Å²) in [4.78, 5) is 16.3. The van der Waals surface area contributed by atoms with Gasteiger partial charge in [0.2, 0.25) is 5.89 Å². The summed E-state index contributed by atoms with van der Waals surface area (Å²) in [6.07, 6.45) is 2.36. The van der Waals surface area contributed by atoms with Gasteiger partial charge in [-0.1, -0.05) is 18.2 Å². The van der Waals surface area contributed by atoms with Crippen LogP contribution in [0.1, 0.15) is 23.3 Å². The minimum atomic E-state index is -0.903. The molecule has 0 bridgehead atoms. The Morgan fingerprint density at radius 1 is 1.27 bits per heavy atom. The Kier molecular flexibility index (Phi) is 4.22. The second-order valence-corrected chi connectivity index (χ2v) is 5.42. The van der Waals surface area contributed by atoms with Crippen molar-refractivity contribution in [1.82, 2.24) is 10.3 Å². The molecule has 0 saturated carbocycles. The van der Waals surface area contributed by atoms with E-state index < -0.39 is 5.60 Å². The van der Waals surface area contributed by atoms with Crippen LogP contribution in [-0.2, 0) is 4.74 Å². The second kappa shape index (κ2) is 6.29. The molecular formula is C16H18N2O4. The highest BCUT2D eigenvalue weighted by atomic mass is 16.5. The van der Waals surface area contributed by atoms with Crippen LogP contribution in [0, 0.1) is 0 Å². The summed E-state index contributed by atoms with van der Waals surface area (Å²) in [6.45, 7) is 1.20. The maximum Gasteiger partial charge on any atom is 0.273 e. The van der Waals surface area contributed by atoms with Gasteiger partial charge in [-0.15, -0.1) is 0 Å². The molecular weight excluding hydrogens is 284 g/mol. The largest absolute Gasteiger partial charge is 0.444 e. The standard InChI is InChI=1S/C16H18N2O4/c19-14(17-11-16(20)6-8-21-9-7-16)13-10-22-15(18-13)12-4-2-1-3-5-12/h1-5,10,20H,6-9,11H2,(H,17,19). The van der Waals surface area contributed by atoms with Crippen molar-refractivity contribution >= 4 is 5.91 Å². The third-order valence-corrected chi connectivity index (χ3v) is 3.76. The van der Waals surface area contributed by atoms with Crippen LogP contribution in [0.5, 0.6) is 0 Å². The fourth-order valence-corrected chi connectivity index (χ4v) is 2.35. The summed E-state index contributed by atoms with van der Waals surface area (Å²) in [5.41, 5.74) is 0.110. The van der Waals surface area contributed by atoms with Crippen molar-refractivity contribution in [3.8, 4) is 11.5 Å². The van der Waals surface area contributed by atoms with Gasteiger partial charge in [0.25, 0.3) is 5.91 Å². The van der Waals surface area contributed by atoms with E-state index in [0.29, 0.717) is 31.9 Å². The zero-order chi connectivity index (χ0) is 15.4. The van der Waals surface area contributed by atoms with Crippen molar-refractivity contribution in [2.45, 2.75) is 18.4 Å². The van der Waals surface area contributed by atoms with Crippen molar-refractivity contribution in [3.05, 3.63) is 42.3 Å². The lowest BCUT2D eigenvalue weighted by atomic mass is 9.94. The topological polar surface area (TPSA) is 84.6 Å². The van der Waals surface area contributed by atoms with Crippen LogP contribution in [0.25, 0.3) is 11.5 Å². The van der Waals surface area contributed by atoms with Gasteiger partial charge in [-0.3, -0.25) is 4.79 Å². The van der Waals surface area contributed by atoms with Crippen molar-refractivity contribution in [1.29, 1.82) is 0 Å². The number of carbonyl (C=O) groups excluding carboxylic acids is 1. The maximum atomic E-state index is 12.1. The van der Waals surface area contributed by atoms with Crippen molar-refractivity contribution in [2.75, 3.05) is 19.8 Å². The van der Waals surface area contributed by atoms with Gasteiger partial charge < -0.3 is 19.6 Å². The number of nitrogens with one attached hydrogen (secondary N) is 1. The van der Waals surface area contributed by atoms with Crippen LogP contribution < -0.4 is 5.32 Å². The molecule has 1 aliphatic rings. The smallest absolute Gasteiger partial charge is 0.273 e. The first kappa shape index (κ1) is 14.7. The first-order chi connectivity index (χ1) is 10.7. The Hall–Kier alpha value is -2.18. The molecule has 2 heterocycles. The summed E-state index contributed by atoms with van der Waals surface area (Å²) in [7, 11) is 0. The molecule has 1 aromatic carbocycles. The number of benzene rings is 1. The highest BCUT2D eigenvalue weighted by molar-refractivity contribution is 5.92. The lowest BCUT2D eigenvalue weighted by molar-refractivity contribution is -0.0605. The molecule has 0 atom stereocenters. The average Bonchev–Trinajstić information content (AvgIpc) is 3.04. The molecule has 116 valence electrons. The molecule has 6 heteroatoms. The second-order valence-electron chi connectivity index (χ2n) is 5.42. The minimum absolute atomic E-state index is 0.183. The van der Waals surface area contributed by atoms with Crippen LogP contribution in [0.15, 0.2) is 41.0 Å². The van der Waals surface area contributed by atoms with Crippen molar-refractivity contribution in [3.63, 3.8) is 0 Å². The molecule has 0 radical (unpaired) electrons. The van der Waals surface area contributed by atoms with Gasteiger partial charge >= 0.3 is 0 Å². The summed E-state index contributed by atoms with van der Waals surface area (Å²) in [5, 5.41) is 13.0. The number of carbonyl (C=O) groups is 1. The molecule has 6 nitrogen and oxygen atoms in total. The highest BCUT2D eigenvalue weighted by Gasteiger charge is 2.30. The normalized spacial score (nSPS) is 17.1. The number of hydrogen-bond acceptors (Lipinski definition) is 5. The third kappa shape index (κ3) is 3.35. The molecule has 1 amide bonds. The minimum Gasteiger partial charge on any atom is -0.444 e. The summed E-state index contributed by atoms with van der Waals surface area (Å²) < 4.78 is 10.5. The Balaban J connectivity index is 1.62. The van der Waals surface area contributed by atoms with Crippen molar-refractivity contribution in [2.24, 2.45) is 0 Å². The SMILES string of the molecule is O=C(NCC1(O)CCOCC1)c1coc(-c2ccccc2)n1. The number of hydrogen-bond donors (Lipinski definition) is 2. The molecule has 0 aliphatic carbocycles. The van der Waals surface area contributed by atoms with E-state index in [1.165, 1.54) is 6.26 Å². The van der Waals surface area contributed by atoms with Crippen LogP contribution in [0.4, 0.5) is 0 Å². The predicted molar refractivity (Wildman–Crippen MR) is 79.3 cm³/mol. The number of rotatable bonds is 4. The van der Waals surface area contributed by atoms with Crippen LogP contribution >= 0.6 is 0 Å². The van der Waals surface area contributed by atoms with Gasteiger partial charge in [0.15, 0.2) is 5.69 Å². The third-order valence-electron chi connectivity index (χ3n) is 3.76. The van der Waals surface area contributed by atoms with Crippen molar-refractivity contribution < 1.29 is 19.1 Å². The number of nitrogens with zero attached hydrogens (tertiary/aromatic N) is 1. The zero-order valence-electron chi connectivity index (χ0n) is 12.1. The lowest BCUT2D eigenvalue weighted by Gasteiger charge is -2.31. The number of aromatic nitrogens is 1. The van der Waals surface area contributed by atoms with Gasteiger partial charge in [0.1, 0.15) is 6.26 Å². The predicted octanol–water partition coefficient (Wildman–Crippen LogP) is 1.61. The Bertz CT molecular complexity index is 633. The molecule has 0 spiro atoms. The van der Waals surface area contributed by atoms with E-state index in [-0.39, 0.29) is 18.1 Å². The van der Waals surface area contributed by atoms with E-state index in [4.69, 9.17) is 9.15 Å². The van der Waals surface area contributed by atoms with E-state index in [0.717, 1.165) is 5.56 Å².